The maximum atomic E-state index is 12.5. The van der Waals surface area contributed by atoms with E-state index in [2.05, 4.69) is 15.5 Å². The summed E-state index contributed by atoms with van der Waals surface area (Å²) in [5.74, 6) is 2.26. The van der Waals surface area contributed by atoms with E-state index in [4.69, 9.17) is 9.26 Å². The topological polar surface area (TPSA) is 97.6 Å². The van der Waals surface area contributed by atoms with Gasteiger partial charge in [0.15, 0.2) is 0 Å². The summed E-state index contributed by atoms with van der Waals surface area (Å²) in [6.45, 7) is 3.91. The van der Waals surface area contributed by atoms with Crippen LogP contribution in [0.3, 0.4) is 0 Å². The van der Waals surface area contributed by atoms with Crippen LogP contribution in [-0.2, 0) is 16.0 Å². The van der Waals surface area contributed by atoms with Crippen molar-refractivity contribution < 1.29 is 18.8 Å². The normalized spacial score (nSPS) is 17.0. The van der Waals surface area contributed by atoms with Crippen LogP contribution in [0, 0.1) is 5.92 Å². The Labute approximate surface area is 176 Å². The van der Waals surface area contributed by atoms with Gasteiger partial charge in [0.1, 0.15) is 5.75 Å². The van der Waals surface area contributed by atoms with Gasteiger partial charge >= 0.3 is 0 Å². The number of ether oxygens (including phenoxy) is 1. The van der Waals surface area contributed by atoms with Crippen molar-refractivity contribution in [1.29, 1.82) is 0 Å². The summed E-state index contributed by atoms with van der Waals surface area (Å²) < 4.78 is 10.7. The van der Waals surface area contributed by atoms with Gasteiger partial charge in [-0.2, -0.15) is 4.98 Å². The lowest BCUT2D eigenvalue weighted by Crippen LogP contribution is -2.47. The first kappa shape index (κ1) is 20.4. The Morgan fingerprint density at radius 3 is 2.57 bits per heavy atom. The van der Waals surface area contributed by atoms with Gasteiger partial charge < -0.3 is 19.5 Å². The molecule has 2 aliphatic rings. The second-order valence-corrected chi connectivity index (χ2v) is 7.91. The number of hydrogen-bond acceptors (Lipinski definition) is 6. The van der Waals surface area contributed by atoms with Crippen LogP contribution in [0.25, 0.3) is 11.4 Å². The van der Waals surface area contributed by atoms with Crippen LogP contribution in [0.4, 0.5) is 0 Å². The number of aromatic nitrogens is 2. The van der Waals surface area contributed by atoms with Gasteiger partial charge in [0.25, 0.3) is 0 Å². The fraction of sp³-hybridized carbons (Fsp3) is 0.545. The molecule has 1 aromatic heterocycles. The Bertz CT molecular complexity index is 868. The van der Waals surface area contributed by atoms with Crippen molar-refractivity contribution in [3.05, 3.63) is 30.2 Å². The fourth-order valence-electron chi connectivity index (χ4n) is 3.65. The average Bonchev–Trinajstić information content (AvgIpc) is 3.52. The van der Waals surface area contributed by atoms with E-state index in [0.29, 0.717) is 44.3 Å². The van der Waals surface area contributed by atoms with Crippen LogP contribution in [0.1, 0.15) is 44.9 Å². The third-order valence-corrected chi connectivity index (χ3v) is 5.59. The zero-order valence-electron chi connectivity index (χ0n) is 17.3. The lowest BCUT2D eigenvalue weighted by Gasteiger charge is -2.32. The maximum absolute atomic E-state index is 12.5. The molecule has 0 spiro atoms. The summed E-state index contributed by atoms with van der Waals surface area (Å²) in [6.07, 6.45) is 4.41. The molecule has 160 valence electrons. The first-order valence-corrected chi connectivity index (χ1v) is 10.8. The molecule has 1 aliphatic carbocycles. The number of carbonyl (C=O) groups excluding carboxylic acids is 2. The molecule has 1 aliphatic heterocycles. The number of likely N-dealkylation sites (tertiary alicyclic amines) is 1. The molecule has 2 heterocycles. The van der Waals surface area contributed by atoms with Crippen molar-refractivity contribution in [3.8, 4) is 17.1 Å². The van der Waals surface area contributed by atoms with E-state index in [0.717, 1.165) is 37.0 Å². The minimum atomic E-state index is 0.0859. The monoisotopic (exact) mass is 412 g/mol. The molecule has 1 saturated carbocycles. The number of amides is 2. The molecule has 2 amide bonds. The van der Waals surface area contributed by atoms with Gasteiger partial charge in [0, 0.05) is 43.5 Å². The molecule has 1 saturated heterocycles. The van der Waals surface area contributed by atoms with Gasteiger partial charge in [-0.05, 0) is 56.9 Å². The van der Waals surface area contributed by atoms with Gasteiger partial charge in [-0.3, -0.25) is 9.59 Å². The number of rotatable bonds is 8. The predicted octanol–water partition coefficient (Wildman–Crippen LogP) is 2.59. The molecule has 1 aromatic carbocycles. The molecule has 4 rings (SSSR count). The highest BCUT2D eigenvalue weighted by atomic mass is 16.5. The first-order chi connectivity index (χ1) is 14.6. The van der Waals surface area contributed by atoms with Crippen LogP contribution in [0.15, 0.2) is 28.8 Å². The minimum Gasteiger partial charge on any atom is -0.494 e. The minimum absolute atomic E-state index is 0.0859. The first-order valence-electron chi connectivity index (χ1n) is 10.8. The van der Waals surface area contributed by atoms with Crippen molar-refractivity contribution in [2.75, 3.05) is 19.7 Å². The molecule has 8 heteroatoms. The number of piperidine rings is 1. The molecule has 0 atom stereocenters. The third-order valence-electron chi connectivity index (χ3n) is 5.59. The largest absolute Gasteiger partial charge is 0.494 e. The maximum Gasteiger partial charge on any atom is 0.227 e. The summed E-state index contributed by atoms with van der Waals surface area (Å²) in [6, 6.07) is 7.70. The number of nitrogens with zero attached hydrogens (tertiary/aromatic N) is 3. The number of nitrogens with one attached hydrogen (secondary N) is 1. The Morgan fingerprint density at radius 2 is 1.90 bits per heavy atom. The Kier molecular flexibility index (Phi) is 6.30. The van der Waals surface area contributed by atoms with Gasteiger partial charge in [0.05, 0.1) is 6.61 Å². The summed E-state index contributed by atoms with van der Waals surface area (Å²) in [5.41, 5.74) is 0.843. The second kappa shape index (κ2) is 9.28. The quantitative estimate of drug-likeness (QED) is 0.716. The number of carbonyl (C=O) groups is 2. The molecule has 0 unspecified atom stereocenters. The van der Waals surface area contributed by atoms with Gasteiger partial charge in [-0.15, -0.1) is 0 Å². The van der Waals surface area contributed by atoms with Crippen LogP contribution >= 0.6 is 0 Å². The Morgan fingerprint density at radius 1 is 1.17 bits per heavy atom. The molecular weight excluding hydrogens is 384 g/mol. The molecule has 1 N–H and O–H groups in total. The van der Waals surface area contributed by atoms with Crippen molar-refractivity contribution in [1.82, 2.24) is 20.4 Å². The molecule has 2 aromatic rings. The van der Waals surface area contributed by atoms with E-state index >= 15 is 0 Å². The molecular formula is C22H28N4O4. The van der Waals surface area contributed by atoms with Gasteiger partial charge in [-0.25, -0.2) is 0 Å². The highest BCUT2D eigenvalue weighted by Crippen LogP contribution is 2.29. The van der Waals surface area contributed by atoms with Crippen molar-refractivity contribution in [3.63, 3.8) is 0 Å². The van der Waals surface area contributed by atoms with Crippen LogP contribution in [0.5, 0.6) is 5.75 Å². The molecule has 0 radical (unpaired) electrons. The number of aryl methyl sites for hydroxylation is 1. The van der Waals surface area contributed by atoms with E-state index in [-0.39, 0.29) is 23.8 Å². The molecule has 0 bridgehead atoms. The van der Waals surface area contributed by atoms with E-state index in [9.17, 15) is 9.59 Å². The third kappa shape index (κ3) is 5.17. The molecule has 8 nitrogen and oxygen atoms in total. The zero-order chi connectivity index (χ0) is 20.9. The highest BCUT2D eigenvalue weighted by Gasteiger charge is 2.32. The van der Waals surface area contributed by atoms with Crippen LogP contribution < -0.4 is 10.1 Å². The smallest absolute Gasteiger partial charge is 0.227 e. The fourth-order valence-corrected chi connectivity index (χ4v) is 3.65. The highest BCUT2D eigenvalue weighted by molar-refractivity contribution is 5.81. The predicted molar refractivity (Wildman–Crippen MR) is 110 cm³/mol. The van der Waals surface area contributed by atoms with Gasteiger partial charge in [0.2, 0.25) is 23.5 Å². The van der Waals surface area contributed by atoms with Crippen molar-refractivity contribution in [2.45, 2.75) is 51.5 Å². The lowest BCUT2D eigenvalue weighted by atomic mass is 10.0. The summed E-state index contributed by atoms with van der Waals surface area (Å²) in [4.78, 5) is 30.7. The Hall–Kier alpha value is -2.90. The van der Waals surface area contributed by atoms with Crippen LogP contribution in [-0.4, -0.2) is 52.6 Å². The molecule has 2 fully saturated rings. The standard InChI is InChI=1S/C22H28N4O4/c1-2-29-18-7-5-15(6-8-18)21-24-19(30-25-21)9-10-20(27)26-13-11-17(12-14-26)23-22(28)16-3-4-16/h5-8,16-17H,2-4,9-14H2,1H3,(H,23,28). The Balaban J connectivity index is 1.22. The summed E-state index contributed by atoms with van der Waals surface area (Å²) in [5, 5.41) is 7.13. The number of benzene rings is 1. The average molecular weight is 412 g/mol. The lowest BCUT2D eigenvalue weighted by molar-refractivity contribution is -0.132. The van der Waals surface area contributed by atoms with Crippen molar-refractivity contribution >= 4 is 11.8 Å². The van der Waals surface area contributed by atoms with Crippen LogP contribution in [0.2, 0.25) is 0 Å². The zero-order valence-corrected chi connectivity index (χ0v) is 17.3. The van der Waals surface area contributed by atoms with E-state index < -0.39 is 0 Å². The van der Waals surface area contributed by atoms with E-state index in [1.807, 2.05) is 36.1 Å². The summed E-state index contributed by atoms with van der Waals surface area (Å²) in [7, 11) is 0. The van der Waals surface area contributed by atoms with Crippen molar-refractivity contribution in [2.24, 2.45) is 5.92 Å². The van der Waals surface area contributed by atoms with E-state index in [1.54, 1.807) is 0 Å². The molecule has 30 heavy (non-hydrogen) atoms. The summed E-state index contributed by atoms with van der Waals surface area (Å²) >= 11 is 0. The van der Waals surface area contributed by atoms with Gasteiger partial charge in [-0.1, -0.05) is 5.16 Å². The van der Waals surface area contributed by atoms with E-state index in [1.165, 1.54) is 0 Å². The number of hydrogen-bond donors (Lipinski definition) is 1. The second-order valence-electron chi connectivity index (χ2n) is 7.91. The SMILES string of the molecule is CCOc1ccc(-c2noc(CCC(=O)N3CCC(NC(=O)C4CC4)CC3)n2)cc1.